The highest BCUT2D eigenvalue weighted by Crippen LogP contribution is 2.14. The van der Waals surface area contributed by atoms with E-state index in [9.17, 15) is 8.42 Å². The summed E-state index contributed by atoms with van der Waals surface area (Å²) < 4.78 is 24.7. The van der Waals surface area contributed by atoms with Crippen molar-refractivity contribution in [3.05, 3.63) is 10.4 Å². The Hall–Kier alpha value is -0.780. The van der Waals surface area contributed by atoms with Crippen molar-refractivity contribution in [3.63, 3.8) is 0 Å². The third-order valence-electron chi connectivity index (χ3n) is 1.71. The molecule has 0 aromatic heterocycles. The molecular weight excluding hydrogens is 204 g/mol. The summed E-state index contributed by atoms with van der Waals surface area (Å²) in [5, 5.41) is 3.42. The lowest BCUT2D eigenvalue weighted by atomic mass is 9.94. The van der Waals surface area contributed by atoms with Gasteiger partial charge in [0.2, 0.25) is 10.0 Å². The van der Waals surface area contributed by atoms with Gasteiger partial charge >= 0.3 is 0 Å². The molecule has 0 amide bonds. The quantitative estimate of drug-likeness (QED) is 0.414. The molecule has 82 valence electrons. The van der Waals surface area contributed by atoms with E-state index in [1.807, 2.05) is 13.8 Å². The topological polar surface area (TPSA) is 94.9 Å². The number of sulfonamides is 1. The molecule has 0 aromatic rings. The van der Waals surface area contributed by atoms with Crippen LogP contribution in [0.2, 0.25) is 0 Å². The predicted molar refractivity (Wildman–Crippen MR) is 55.3 cm³/mol. The molecular formula is C7H16N4O2S. The van der Waals surface area contributed by atoms with Gasteiger partial charge in [0, 0.05) is 18.0 Å². The van der Waals surface area contributed by atoms with E-state index in [2.05, 4.69) is 14.7 Å². The van der Waals surface area contributed by atoms with Crippen molar-refractivity contribution in [3.8, 4) is 0 Å². The maximum Gasteiger partial charge on any atom is 0.211 e. The van der Waals surface area contributed by atoms with Crippen LogP contribution in [0.25, 0.3) is 10.4 Å². The Morgan fingerprint density at radius 1 is 1.50 bits per heavy atom. The van der Waals surface area contributed by atoms with E-state index in [-0.39, 0.29) is 24.3 Å². The van der Waals surface area contributed by atoms with E-state index < -0.39 is 10.0 Å². The van der Waals surface area contributed by atoms with Gasteiger partial charge in [-0.2, -0.15) is 0 Å². The number of hydrogen-bond donors (Lipinski definition) is 1. The zero-order valence-electron chi connectivity index (χ0n) is 8.69. The predicted octanol–water partition coefficient (Wildman–Crippen LogP) is 1.26. The Morgan fingerprint density at radius 2 is 2.07 bits per heavy atom. The second-order valence-corrected chi connectivity index (χ2v) is 5.87. The van der Waals surface area contributed by atoms with E-state index in [0.717, 1.165) is 0 Å². The van der Waals surface area contributed by atoms with Crippen LogP contribution in [0, 0.1) is 5.41 Å². The molecule has 0 aromatic carbocycles. The van der Waals surface area contributed by atoms with Crippen LogP contribution >= 0.6 is 0 Å². The highest BCUT2D eigenvalue weighted by atomic mass is 32.2. The highest BCUT2D eigenvalue weighted by Gasteiger charge is 2.19. The fourth-order valence-corrected chi connectivity index (χ4v) is 1.50. The number of azide groups is 1. The highest BCUT2D eigenvalue weighted by molar-refractivity contribution is 7.89. The molecule has 0 aliphatic rings. The fourth-order valence-electron chi connectivity index (χ4n) is 0.686. The summed E-state index contributed by atoms with van der Waals surface area (Å²) in [5.41, 5.74) is 7.77. The zero-order chi connectivity index (χ0) is 11.2. The lowest BCUT2D eigenvalue weighted by Gasteiger charge is -2.22. The van der Waals surface area contributed by atoms with Crippen molar-refractivity contribution >= 4 is 10.0 Å². The summed E-state index contributed by atoms with van der Waals surface area (Å²) in [6.45, 7) is 5.79. The van der Waals surface area contributed by atoms with Crippen molar-refractivity contribution in [2.24, 2.45) is 10.5 Å². The van der Waals surface area contributed by atoms with E-state index in [0.29, 0.717) is 0 Å². The van der Waals surface area contributed by atoms with Crippen LogP contribution in [-0.4, -0.2) is 27.3 Å². The van der Waals surface area contributed by atoms with Crippen LogP contribution in [0.4, 0.5) is 0 Å². The molecule has 0 radical (unpaired) electrons. The minimum atomic E-state index is -3.16. The van der Waals surface area contributed by atoms with Crippen LogP contribution < -0.4 is 4.72 Å². The Morgan fingerprint density at radius 3 is 2.50 bits per heavy atom. The minimum absolute atomic E-state index is 0.0601. The summed E-state index contributed by atoms with van der Waals surface area (Å²) in [6.07, 6.45) is 0. The average molecular weight is 220 g/mol. The van der Waals surface area contributed by atoms with Crippen LogP contribution in [0.5, 0.6) is 0 Å². The monoisotopic (exact) mass is 220 g/mol. The van der Waals surface area contributed by atoms with Gasteiger partial charge in [-0.05, 0) is 17.9 Å². The summed E-state index contributed by atoms with van der Waals surface area (Å²) >= 11 is 0. The van der Waals surface area contributed by atoms with E-state index >= 15 is 0 Å². The lowest BCUT2D eigenvalue weighted by Crippen LogP contribution is -2.36. The zero-order valence-corrected chi connectivity index (χ0v) is 9.50. The van der Waals surface area contributed by atoms with Gasteiger partial charge in [0.15, 0.2) is 0 Å². The van der Waals surface area contributed by atoms with E-state index in [4.69, 9.17) is 5.53 Å². The largest absolute Gasteiger partial charge is 0.215 e. The van der Waals surface area contributed by atoms with Gasteiger partial charge < -0.3 is 0 Å². The maximum absolute atomic E-state index is 11.1. The number of nitrogens with zero attached hydrogens (tertiary/aromatic N) is 3. The lowest BCUT2D eigenvalue weighted by molar-refractivity contribution is 0.376. The van der Waals surface area contributed by atoms with E-state index in [1.54, 1.807) is 6.92 Å². The smallest absolute Gasteiger partial charge is 0.211 e. The summed E-state index contributed by atoms with van der Waals surface area (Å²) in [4.78, 5) is 2.63. The minimum Gasteiger partial charge on any atom is -0.215 e. The van der Waals surface area contributed by atoms with Crippen LogP contribution in [-0.2, 0) is 10.0 Å². The van der Waals surface area contributed by atoms with Crippen molar-refractivity contribution in [1.82, 2.24) is 4.72 Å². The Labute approximate surface area is 84.4 Å². The first kappa shape index (κ1) is 13.2. The second-order valence-electron chi connectivity index (χ2n) is 3.78. The van der Waals surface area contributed by atoms with Gasteiger partial charge in [-0.25, -0.2) is 13.1 Å². The normalized spacial score (nSPS) is 12.2. The summed E-state index contributed by atoms with van der Waals surface area (Å²) in [6, 6.07) is 0. The van der Waals surface area contributed by atoms with Crippen molar-refractivity contribution in [2.45, 2.75) is 20.8 Å². The first-order valence-electron chi connectivity index (χ1n) is 4.31. The van der Waals surface area contributed by atoms with Gasteiger partial charge in [0.05, 0.1) is 5.75 Å². The molecule has 0 saturated heterocycles. The Kier molecular flexibility index (Phi) is 4.90. The molecule has 0 aliphatic heterocycles. The molecule has 0 aliphatic carbocycles. The molecule has 0 atom stereocenters. The molecule has 0 spiro atoms. The fraction of sp³-hybridized carbons (Fsp3) is 1.00. The molecule has 0 fully saturated rings. The van der Waals surface area contributed by atoms with Gasteiger partial charge in [-0.1, -0.05) is 19.0 Å². The molecule has 0 bridgehead atoms. The molecule has 0 rings (SSSR count). The van der Waals surface area contributed by atoms with Gasteiger partial charge in [-0.15, -0.1) is 0 Å². The Balaban J connectivity index is 4.18. The maximum atomic E-state index is 11.1. The SMILES string of the molecule is CCS(=O)(=O)NCC(C)(C)CN=[N+]=[N-]. The third-order valence-corrected chi connectivity index (χ3v) is 3.06. The number of rotatable bonds is 6. The van der Waals surface area contributed by atoms with Crippen LogP contribution in [0.15, 0.2) is 5.11 Å². The van der Waals surface area contributed by atoms with E-state index in [1.165, 1.54) is 0 Å². The molecule has 6 nitrogen and oxygen atoms in total. The standard InChI is InChI=1S/C7H16N4O2S/c1-4-14(12,13)10-6-7(2,3)5-9-11-8/h10H,4-6H2,1-3H3. The number of hydrogen-bond acceptors (Lipinski definition) is 3. The van der Waals surface area contributed by atoms with Crippen LogP contribution in [0.1, 0.15) is 20.8 Å². The van der Waals surface area contributed by atoms with Gasteiger partial charge in [0.1, 0.15) is 0 Å². The Bertz CT molecular complexity index is 317. The number of nitrogens with one attached hydrogen (secondary N) is 1. The molecule has 0 unspecified atom stereocenters. The van der Waals surface area contributed by atoms with Gasteiger partial charge in [-0.3, -0.25) is 0 Å². The molecule has 0 saturated carbocycles. The van der Waals surface area contributed by atoms with Crippen molar-refractivity contribution in [1.29, 1.82) is 0 Å². The van der Waals surface area contributed by atoms with Crippen molar-refractivity contribution in [2.75, 3.05) is 18.8 Å². The molecule has 0 heterocycles. The first-order valence-corrected chi connectivity index (χ1v) is 5.96. The molecule has 7 heteroatoms. The third kappa shape index (κ3) is 5.80. The summed E-state index contributed by atoms with van der Waals surface area (Å²) in [5.74, 6) is 0.0601. The second kappa shape index (κ2) is 5.19. The van der Waals surface area contributed by atoms with Crippen LogP contribution in [0.3, 0.4) is 0 Å². The molecule has 1 N–H and O–H groups in total. The molecule has 14 heavy (non-hydrogen) atoms. The average Bonchev–Trinajstić information content (AvgIpc) is 2.12. The van der Waals surface area contributed by atoms with Gasteiger partial charge in [0.25, 0.3) is 0 Å². The first-order chi connectivity index (χ1) is 6.33. The summed E-state index contributed by atoms with van der Waals surface area (Å²) in [7, 11) is -3.16. The van der Waals surface area contributed by atoms with Crippen molar-refractivity contribution < 1.29 is 8.42 Å².